The third kappa shape index (κ3) is 3.01. The average Bonchev–Trinajstić information content (AvgIpc) is 3.39. The number of ether oxygens (including phenoxy) is 2. The molecule has 9 heteroatoms. The summed E-state index contributed by atoms with van der Waals surface area (Å²) in [4.78, 5) is 4.68. The standard InChI is InChI=1S/C18H21N3O4S2/c1-20-5-4-19-18(20)26-14-6-12-9-21(10-13(12)7-14)27(22,23)15-2-3-16-17(8-15)25-11-24-16/h2-5,8,12-14H,6-7,9-11H2,1H3/t12-,13+,14?. The van der Waals surface area contributed by atoms with Crippen LogP contribution in [0.1, 0.15) is 12.8 Å². The summed E-state index contributed by atoms with van der Waals surface area (Å²) in [6, 6.07) is 4.85. The SMILES string of the molecule is Cn1ccnc1SC1C[C@@H]2CN(S(=O)(=O)c3ccc4c(c3)OCO4)C[C@@H]2C1. The van der Waals surface area contributed by atoms with Gasteiger partial charge in [-0.25, -0.2) is 13.4 Å². The fraction of sp³-hybridized carbons (Fsp3) is 0.500. The van der Waals surface area contributed by atoms with Gasteiger partial charge in [-0.15, -0.1) is 0 Å². The zero-order valence-corrected chi connectivity index (χ0v) is 16.6. The van der Waals surface area contributed by atoms with E-state index in [9.17, 15) is 8.42 Å². The highest BCUT2D eigenvalue weighted by molar-refractivity contribution is 7.99. The number of fused-ring (bicyclic) bond motifs is 2. The number of nitrogens with zero attached hydrogens (tertiary/aromatic N) is 3. The summed E-state index contributed by atoms with van der Waals surface area (Å²) in [6.45, 7) is 1.33. The van der Waals surface area contributed by atoms with E-state index in [1.807, 2.05) is 35.8 Å². The lowest BCUT2D eigenvalue weighted by molar-refractivity contribution is 0.174. The highest BCUT2D eigenvalue weighted by Gasteiger charge is 2.45. The monoisotopic (exact) mass is 407 g/mol. The van der Waals surface area contributed by atoms with Crippen LogP contribution in [0.5, 0.6) is 11.5 Å². The molecule has 3 heterocycles. The van der Waals surface area contributed by atoms with Crippen molar-refractivity contribution in [2.45, 2.75) is 28.1 Å². The van der Waals surface area contributed by atoms with E-state index in [1.165, 1.54) is 0 Å². The topological polar surface area (TPSA) is 73.7 Å². The number of hydrogen-bond acceptors (Lipinski definition) is 6. The van der Waals surface area contributed by atoms with E-state index in [-0.39, 0.29) is 11.7 Å². The van der Waals surface area contributed by atoms with Crippen molar-refractivity contribution in [2.24, 2.45) is 18.9 Å². The molecule has 0 bridgehead atoms. The van der Waals surface area contributed by atoms with Crippen molar-refractivity contribution in [3.05, 3.63) is 30.6 Å². The third-order valence-corrected chi connectivity index (χ3v) is 8.86. The zero-order chi connectivity index (χ0) is 18.6. The Hall–Kier alpha value is -1.71. The van der Waals surface area contributed by atoms with E-state index < -0.39 is 10.0 Å². The lowest BCUT2D eigenvalue weighted by Crippen LogP contribution is -2.30. The van der Waals surface area contributed by atoms with E-state index in [4.69, 9.17) is 9.47 Å². The van der Waals surface area contributed by atoms with Gasteiger partial charge in [-0.05, 0) is 36.8 Å². The molecule has 1 aromatic heterocycles. The minimum Gasteiger partial charge on any atom is -0.454 e. The molecule has 5 rings (SSSR count). The van der Waals surface area contributed by atoms with Crippen LogP contribution < -0.4 is 9.47 Å². The molecule has 3 aliphatic rings. The molecule has 0 radical (unpaired) electrons. The fourth-order valence-electron chi connectivity index (χ4n) is 4.29. The molecule has 0 spiro atoms. The third-order valence-electron chi connectivity index (χ3n) is 5.71. The van der Waals surface area contributed by atoms with Crippen molar-refractivity contribution in [3.63, 3.8) is 0 Å². The van der Waals surface area contributed by atoms with Crippen molar-refractivity contribution in [3.8, 4) is 11.5 Å². The Bertz CT molecular complexity index is 961. The Kier molecular flexibility index (Phi) is 4.14. The van der Waals surface area contributed by atoms with Crippen LogP contribution in [0.2, 0.25) is 0 Å². The summed E-state index contributed by atoms with van der Waals surface area (Å²) in [5.74, 6) is 1.95. The molecule has 1 saturated heterocycles. The molecule has 2 aromatic rings. The fourth-order valence-corrected chi connectivity index (χ4v) is 7.20. The van der Waals surface area contributed by atoms with E-state index >= 15 is 0 Å². The Balaban J connectivity index is 1.27. The van der Waals surface area contributed by atoms with E-state index in [2.05, 4.69) is 4.98 Å². The Morgan fingerprint density at radius 2 is 1.89 bits per heavy atom. The van der Waals surface area contributed by atoms with Gasteiger partial charge in [0.1, 0.15) is 0 Å². The van der Waals surface area contributed by atoms with Gasteiger partial charge in [-0.2, -0.15) is 4.31 Å². The van der Waals surface area contributed by atoms with E-state index in [0.717, 1.165) is 18.0 Å². The number of hydrogen-bond donors (Lipinski definition) is 0. The van der Waals surface area contributed by atoms with Crippen LogP contribution in [-0.4, -0.2) is 47.4 Å². The van der Waals surface area contributed by atoms with Crippen LogP contribution in [0, 0.1) is 11.8 Å². The lowest BCUT2D eigenvalue weighted by atomic mass is 10.0. The van der Waals surface area contributed by atoms with Crippen LogP contribution in [0.25, 0.3) is 0 Å². The summed E-state index contributed by atoms with van der Waals surface area (Å²) in [5.41, 5.74) is 0. The van der Waals surface area contributed by atoms with Gasteiger partial charge in [0, 0.05) is 43.8 Å². The van der Waals surface area contributed by atoms with Crippen molar-refractivity contribution in [1.29, 1.82) is 0 Å². The summed E-state index contributed by atoms with van der Waals surface area (Å²) >= 11 is 1.81. The van der Waals surface area contributed by atoms with Crippen LogP contribution in [0.15, 0.2) is 40.6 Å². The molecule has 0 N–H and O–H groups in total. The highest BCUT2D eigenvalue weighted by atomic mass is 32.2. The van der Waals surface area contributed by atoms with Gasteiger partial charge in [-0.3, -0.25) is 0 Å². The minimum absolute atomic E-state index is 0.141. The van der Waals surface area contributed by atoms with Gasteiger partial charge in [0.25, 0.3) is 0 Å². The maximum atomic E-state index is 13.1. The molecular formula is C18H21N3O4S2. The first-order valence-electron chi connectivity index (χ1n) is 9.04. The summed E-state index contributed by atoms with van der Waals surface area (Å²) in [5, 5.41) is 1.54. The second kappa shape index (κ2) is 6.42. The summed E-state index contributed by atoms with van der Waals surface area (Å²) < 4.78 is 40.4. The number of sulfonamides is 1. The summed E-state index contributed by atoms with van der Waals surface area (Å²) in [7, 11) is -1.50. The number of aryl methyl sites for hydroxylation is 1. The van der Waals surface area contributed by atoms with Crippen molar-refractivity contribution < 1.29 is 17.9 Å². The normalized spacial score (nSPS) is 27.2. The molecule has 3 atom stereocenters. The smallest absolute Gasteiger partial charge is 0.243 e. The van der Waals surface area contributed by atoms with Gasteiger partial charge in [0.15, 0.2) is 16.7 Å². The maximum Gasteiger partial charge on any atom is 0.243 e. The Morgan fingerprint density at radius 1 is 1.15 bits per heavy atom. The first kappa shape index (κ1) is 17.4. The molecule has 0 amide bonds. The van der Waals surface area contributed by atoms with Crippen LogP contribution in [0.3, 0.4) is 0 Å². The lowest BCUT2D eigenvalue weighted by Gasteiger charge is -2.19. The first-order chi connectivity index (χ1) is 13.0. The molecule has 1 aliphatic carbocycles. The number of rotatable bonds is 4. The zero-order valence-electron chi connectivity index (χ0n) is 14.9. The molecule has 1 unspecified atom stereocenters. The first-order valence-corrected chi connectivity index (χ1v) is 11.4. The average molecular weight is 408 g/mol. The molecule has 144 valence electrons. The van der Waals surface area contributed by atoms with Crippen LogP contribution in [0.4, 0.5) is 0 Å². The number of aromatic nitrogens is 2. The quantitative estimate of drug-likeness (QED) is 0.775. The van der Waals surface area contributed by atoms with Crippen molar-refractivity contribution in [2.75, 3.05) is 19.9 Å². The molecule has 7 nitrogen and oxygen atoms in total. The number of benzene rings is 1. The van der Waals surface area contributed by atoms with Crippen molar-refractivity contribution >= 4 is 21.8 Å². The van der Waals surface area contributed by atoms with Crippen LogP contribution in [-0.2, 0) is 17.1 Å². The van der Waals surface area contributed by atoms with Gasteiger partial charge in [0.05, 0.1) is 4.90 Å². The van der Waals surface area contributed by atoms with Gasteiger partial charge < -0.3 is 14.0 Å². The Morgan fingerprint density at radius 3 is 2.59 bits per heavy atom. The molecular weight excluding hydrogens is 386 g/mol. The van der Waals surface area contributed by atoms with Crippen molar-refractivity contribution in [1.82, 2.24) is 13.9 Å². The number of imidazole rings is 1. The minimum atomic E-state index is -3.50. The van der Waals surface area contributed by atoms with E-state index in [1.54, 1.807) is 22.5 Å². The molecule has 27 heavy (non-hydrogen) atoms. The molecule has 2 fully saturated rings. The van der Waals surface area contributed by atoms with Gasteiger partial charge in [0.2, 0.25) is 16.8 Å². The predicted molar refractivity (Wildman–Crippen MR) is 100 cm³/mol. The van der Waals surface area contributed by atoms with Gasteiger partial charge >= 0.3 is 0 Å². The second-order valence-corrected chi connectivity index (χ2v) is 10.6. The van der Waals surface area contributed by atoms with E-state index in [0.29, 0.717) is 41.7 Å². The highest BCUT2D eigenvalue weighted by Crippen LogP contribution is 2.46. The Labute approximate surface area is 162 Å². The summed E-state index contributed by atoms with van der Waals surface area (Å²) in [6.07, 6.45) is 5.85. The molecule has 1 saturated carbocycles. The van der Waals surface area contributed by atoms with Crippen LogP contribution >= 0.6 is 11.8 Å². The molecule has 2 aliphatic heterocycles. The predicted octanol–water partition coefficient (Wildman–Crippen LogP) is 2.34. The largest absolute Gasteiger partial charge is 0.454 e. The second-order valence-electron chi connectivity index (χ2n) is 7.39. The number of thioether (sulfide) groups is 1. The van der Waals surface area contributed by atoms with Gasteiger partial charge in [-0.1, -0.05) is 11.8 Å². The maximum absolute atomic E-state index is 13.1. The molecule has 1 aromatic carbocycles.